The monoisotopic (exact) mass is 554 g/mol. The van der Waals surface area contributed by atoms with Gasteiger partial charge in [-0.3, -0.25) is 9.36 Å². The molecule has 0 N–H and O–H groups in total. The third-order valence-electron chi connectivity index (χ3n) is 7.36. The Balaban J connectivity index is 1.56. The van der Waals surface area contributed by atoms with Gasteiger partial charge in [0.05, 0.1) is 44.2 Å². The quantitative estimate of drug-likeness (QED) is 0.330. The summed E-state index contributed by atoms with van der Waals surface area (Å²) in [6.07, 6.45) is 3.61. The standard InChI is InChI=1S/C32H30N2O5S/c1-5-39-22-13-10-21(11-14-22)29-24-15-12-20-8-6-7-9-23(20)28(24)33-32-34(29)31(35)27(40-32)18-19-16-25(36-2)30(38-4)26(17-19)37-3/h6-11,13-14,16-18,29H,5,12,15H2,1-4H3. The zero-order chi connectivity index (χ0) is 27.8. The number of fused-ring (bicyclic) bond motifs is 3. The Morgan fingerprint density at radius 3 is 2.38 bits per heavy atom. The van der Waals surface area contributed by atoms with Crippen LogP contribution in [0.5, 0.6) is 23.0 Å². The van der Waals surface area contributed by atoms with Crippen molar-refractivity contribution in [1.29, 1.82) is 0 Å². The van der Waals surface area contributed by atoms with E-state index in [-0.39, 0.29) is 11.6 Å². The number of allylic oxidation sites excluding steroid dienone is 1. The smallest absolute Gasteiger partial charge is 0.271 e. The molecule has 1 aliphatic heterocycles. The molecule has 0 fully saturated rings. The number of ether oxygens (including phenoxy) is 4. The average molecular weight is 555 g/mol. The van der Waals surface area contributed by atoms with E-state index in [0.29, 0.717) is 33.2 Å². The van der Waals surface area contributed by atoms with Crippen LogP contribution in [0.15, 0.2) is 76.0 Å². The third kappa shape index (κ3) is 4.38. The zero-order valence-electron chi connectivity index (χ0n) is 22.9. The molecule has 6 rings (SSSR count). The van der Waals surface area contributed by atoms with Crippen LogP contribution in [0.2, 0.25) is 0 Å². The van der Waals surface area contributed by atoms with Gasteiger partial charge in [-0.2, -0.15) is 0 Å². The van der Waals surface area contributed by atoms with Gasteiger partial charge in [-0.15, -0.1) is 0 Å². The van der Waals surface area contributed by atoms with Crippen molar-refractivity contribution in [3.05, 3.63) is 108 Å². The van der Waals surface area contributed by atoms with E-state index in [1.54, 1.807) is 21.3 Å². The van der Waals surface area contributed by atoms with Gasteiger partial charge in [0.2, 0.25) is 5.75 Å². The molecule has 4 aromatic rings. The van der Waals surface area contributed by atoms with Gasteiger partial charge in [0, 0.05) is 5.56 Å². The van der Waals surface area contributed by atoms with E-state index in [0.717, 1.165) is 46.6 Å². The first-order chi connectivity index (χ1) is 19.6. The highest BCUT2D eigenvalue weighted by atomic mass is 32.1. The molecule has 2 aliphatic rings. The van der Waals surface area contributed by atoms with Crippen molar-refractivity contribution < 1.29 is 18.9 Å². The molecule has 0 amide bonds. The van der Waals surface area contributed by atoms with Crippen LogP contribution in [0.1, 0.15) is 41.6 Å². The summed E-state index contributed by atoms with van der Waals surface area (Å²) in [5.74, 6) is 2.37. The van der Waals surface area contributed by atoms with Gasteiger partial charge >= 0.3 is 0 Å². The lowest BCUT2D eigenvalue weighted by molar-refractivity contribution is 0.324. The summed E-state index contributed by atoms with van der Waals surface area (Å²) in [5, 5.41) is 0. The predicted molar refractivity (Wildman–Crippen MR) is 156 cm³/mol. The molecule has 1 aliphatic carbocycles. The largest absolute Gasteiger partial charge is 0.494 e. The maximum absolute atomic E-state index is 14.1. The fourth-order valence-electron chi connectivity index (χ4n) is 5.57. The first-order valence-corrected chi connectivity index (χ1v) is 14.0. The highest BCUT2D eigenvalue weighted by Gasteiger charge is 2.32. The Kier molecular flexibility index (Phi) is 6.94. The molecule has 3 aromatic carbocycles. The third-order valence-corrected chi connectivity index (χ3v) is 8.35. The average Bonchev–Trinajstić information content (AvgIpc) is 3.30. The summed E-state index contributed by atoms with van der Waals surface area (Å²) in [6.45, 7) is 2.57. The Morgan fingerprint density at radius 1 is 0.975 bits per heavy atom. The van der Waals surface area contributed by atoms with Crippen LogP contribution in [0.4, 0.5) is 0 Å². The zero-order valence-corrected chi connectivity index (χ0v) is 23.7. The lowest BCUT2D eigenvalue weighted by atomic mass is 9.83. The molecule has 1 aromatic heterocycles. The second-order valence-electron chi connectivity index (χ2n) is 9.57. The molecule has 7 nitrogen and oxygen atoms in total. The van der Waals surface area contributed by atoms with Crippen molar-refractivity contribution in [2.24, 2.45) is 4.99 Å². The number of aromatic nitrogens is 1. The van der Waals surface area contributed by atoms with E-state index in [2.05, 4.69) is 36.4 Å². The molecular formula is C32H30N2O5S. The minimum Gasteiger partial charge on any atom is -0.494 e. The van der Waals surface area contributed by atoms with Crippen LogP contribution in [-0.4, -0.2) is 32.5 Å². The van der Waals surface area contributed by atoms with E-state index >= 15 is 0 Å². The molecule has 8 heteroatoms. The Hall–Kier alpha value is -4.30. The SMILES string of the molecule is CCOc1ccc(C2C3=C(N=c4sc(=Cc5cc(OC)c(OC)c(OC)c5)c(=O)n42)c2ccccc2CC3)cc1. The molecule has 2 heterocycles. The molecule has 0 bridgehead atoms. The number of hydrogen-bond acceptors (Lipinski definition) is 7. The van der Waals surface area contributed by atoms with E-state index in [1.807, 2.05) is 41.8 Å². The van der Waals surface area contributed by atoms with Gasteiger partial charge in [-0.25, -0.2) is 4.99 Å². The summed E-state index contributed by atoms with van der Waals surface area (Å²) in [7, 11) is 4.72. The summed E-state index contributed by atoms with van der Waals surface area (Å²) in [6, 6.07) is 19.9. The summed E-state index contributed by atoms with van der Waals surface area (Å²) >= 11 is 1.39. The lowest BCUT2D eigenvalue weighted by Gasteiger charge is -2.30. The maximum Gasteiger partial charge on any atom is 0.271 e. The molecule has 204 valence electrons. The van der Waals surface area contributed by atoms with Crippen molar-refractivity contribution in [2.45, 2.75) is 25.8 Å². The van der Waals surface area contributed by atoms with Gasteiger partial charge in [-0.05, 0) is 72.4 Å². The molecule has 0 spiro atoms. The van der Waals surface area contributed by atoms with Crippen LogP contribution >= 0.6 is 11.3 Å². The van der Waals surface area contributed by atoms with Gasteiger partial charge in [-0.1, -0.05) is 47.7 Å². The van der Waals surface area contributed by atoms with Crippen LogP contribution in [-0.2, 0) is 6.42 Å². The number of aryl methyl sites for hydroxylation is 1. The highest BCUT2D eigenvalue weighted by Crippen LogP contribution is 2.42. The molecule has 0 saturated carbocycles. The molecule has 0 saturated heterocycles. The molecule has 40 heavy (non-hydrogen) atoms. The van der Waals surface area contributed by atoms with E-state index in [1.165, 1.54) is 16.9 Å². The van der Waals surface area contributed by atoms with E-state index in [9.17, 15) is 4.79 Å². The fraction of sp³-hybridized carbons (Fsp3) is 0.250. The molecular weight excluding hydrogens is 524 g/mol. The second kappa shape index (κ2) is 10.7. The molecule has 1 atom stereocenters. The fourth-order valence-corrected chi connectivity index (χ4v) is 6.57. The highest BCUT2D eigenvalue weighted by molar-refractivity contribution is 7.07. The summed E-state index contributed by atoms with van der Waals surface area (Å²) in [5.41, 5.74) is 6.28. The van der Waals surface area contributed by atoms with Crippen LogP contribution < -0.4 is 33.8 Å². The lowest BCUT2D eigenvalue weighted by Crippen LogP contribution is -2.38. The topological polar surface area (TPSA) is 71.3 Å². The van der Waals surface area contributed by atoms with Crippen molar-refractivity contribution in [1.82, 2.24) is 4.57 Å². The summed E-state index contributed by atoms with van der Waals surface area (Å²) in [4.78, 5) is 19.8. The molecule has 0 radical (unpaired) electrons. The minimum atomic E-state index is -0.252. The number of methoxy groups -OCH3 is 3. The number of hydrogen-bond donors (Lipinski definition) is 0. The second-order valence-corrected chi connectivity index (χ2v) is 10.6. The van der Waals surface area contributed by atoms with Gasteiger partial charge in [0.15, 0.2) is 16.3 Å². The number of nitrogens with zero attached hydrogens (tertiary/aromatic N) is 2. The van der Waals surface area contributed by atoms with E-state index < -0.39 is 0 Å². The van der Waals surface area contributed by atoms with Gasteiger partial charge < -0.3 is 18.9 Å². The maximum atomic E-state index is 14.1. The van der Waals surface area contributed by atoms with Crippen LogP contribution in [0, 0.1) is 0 Å². The normalized spacial score (nSPS) is 16.0. The number of benzene rings is 3. The number of rotatable bonds is 7. The minimum absolute atomic E-state index is 0.0817. The van der Waals surface area contributed by atoms with Gasteiger partial charge in [0.1, 0.15) is 5.75 Å². The summed E-state index contributed by atoms with van der Waals surface area (Å²) < 4.78 is 24.6. The van der Waals surface area contributed by atoms with E-state index in [4.69, 9.17) is 23.9 Å². The first-order valence-electron chi connectivity index (χ1n) is 13.2. The van der Waals surface area contributed by atoms with Crippen LogP contribution in [0.3, 0.4) is 0 Å². The predicted octanol–water partition coefficient (Wildman–Crippen LogP) is 4.74. The van der Waals surface area contributed by atoms with Crippen molar-refractivity contribution >= 4 is 23.1 Å². The van der Waals surface area contributed by atoms with Gasteiger partial charge in [0.25, 0.3) is 5.56 Å². The number of thiazole rings is 1. The van der Waals surface area contributed by atoms with Crippen molar-refractivity contribution in [3.63, 3.8) is 0 Å². The van der Waals surface area contributed by atoms with Crippen molar-refractivity contribution in [3.8, 4) is 23.0 Å². The van der Waals surface area contributed by atoms with Crippen LogP contribution in [0.25, 0.3) is 11.8 Å². The Bertz CT molecular complexity index is 1780. The first kappa shape index (κ1) is 26.0. The Morgan fingerprint density at radius 2 is 1.70 bits per heavy atom. The molecule has 1 unspecified atom stereocenters. The van der Waals surface area contributed by atoms with Crippen molar-refractivity contribution in [2.75, 3.05) is 27.9 Å². The Labute approximate surface area is 236 Å².